The molecule has 0 aliphatic rings. The summed E-state index contributed by atoms with van der Waals surface area (Å²) in [4.78, 5) is 12.1. The van der Waals surface area contributed by atoms with Crippen LogP contribution in [0.2, 0.25) is 5.02 Å². The molecule has 0 radical (unpaired) electrons. The molecule has 0 aromatic heterocycles. The molecule has 0 unspecified atom stereocenters. The molecule has 144 valence electrons. The molecule has 1 N–H and O–H groups in total. The van der Waals surface area contributed by atoms with Gasteiger partial charge in [-0.25, -0.2) is 0 Å². The van der Waals surface area contributed by atoms with E-state index in [1.807, 2.05) is 36.4 Å². The van der Waals surface area contributed by atoms with Crippen molar-refractivity contribution in [1.82, 2.24) is 0 Å². The zero-order valence-electron chi connectivity index (χ0n) is 15.1. The summed E-state index contributed by atoms with van der Waals surface area (Å²) in [6.07, 6.45) is 0. The van der Waals surface area contributed by atoms with E-state index in [4.69, 9.17) is 25.8 Å². The number of hydrogen-bond donors (Lipinski definition) is 1. The maximum atomic E-state index is 12.1. The number of carbonyl (C=O) groups excluding carboxylic acids is 1. The monoisotopic (exact) mass is 397 g/mol. The Kier molecular flexibility index (Phi) is 7.15. The van der Waals surface area contributed by atoms with E-state index in [1.54, 1.807) is 42.5 Å². The van der Waals surface area contributed by atoms with E-state index in [2.05, 4.69) is 5.32 Å². The summed E-state index contributed by atoms with van der Waals surface area (Å²) in [5.74, 6) is 1.62. The van der Waals surface area contributed by atoms with Gasteiger partial charge in [0.1, 0.15) is 30.5 Å². The van der Waals surface area contributed by atoms with Crippen LogP contribution in [0.4, 0.5) is 5.69 Å². The number of anilines is 1. The summed E-state index contributed by atoms with van der Waals surface area (Å²) in [6.45, 7) is 0.675. The zero-order chi connectivity index (χ0) is 19.6. The van der Waals surface area contributed by atoms with Crippen molar-refractivity contribution in [3.63, 3.8) is 0 Å². The van der Waals surface area contributed by atoms with Gasteiger partial charge in [0, 0.05) is 11.8 Å². The van der Waals surface area contributed by atoms with E-state index in [-0.39, 0.29) is 12.5 Å². The maximum Gasteiger partial charge on any atom is 0.262 e. The summed E-state index contributed by atoms with van der Waals surface area (Å²) in [7, 11) is 0. The van der Waals surface area contributed by atoms with Crippen molar-refractivity contribution in [3.05, 3.63) is 83.9 Å². The average molecular weight is 398 g/mol. The van der Waals surface area contributed by atoms with Crippen LogP contribution in [0, 0.1) is 0 Å². The molecule has 6 heteroatoms. The van der Waals surface area contributed by atoms with E-state index in [0.29, 0.717) is 35.4 Å². The fourth-order valence-electron chi connectivity index (χ4n) is 2.40. The smallest absolute Gasteiger partial charge is 0.262 e. The number of ether oxygens (including phenoxy) is 3. The van der Waals surface area contributed by atoms with Gasteiger partial charge in [-0.1, -0.05) is 48.0 Å². The van der Waals surface area contributed by atoms with Crippen LogP contribution in [0.25, 0.3) is 0 Å². The summed E-state index contributed by atoms with van der Waals surface area (Å²) >= 11 is 6.00. The molecule has 0 atom stereocenters. The molecule has 3 aromatic rings. The molecule has 0 aliphatic heterocycles. The van der Waals surface area contributed by atoms with Crippen molar-refractivity contribution in [2.45, 2.75) is 0 Å². The first kappa shape index (κ1) is 19.6. The number of nitrogens with one attached hydrogen (secondary N) is 1. The first-order valence-electron chi connectivity index (χ1n) is 8.78. The van der Waals surface area contributed by atoms with Crippen molar-refractivity contribution in [2.75, 3.05) is 25.1 Å². The van der Waals surface area contributed by atoms with Crippen molar-refractivity contribution < 1.29 is 19.0 Å². The molecule has 0 bridgehead atoms. The third-order valence-electron chi connectivity index (χ3n) is 3.68. The predicted molar refractivity (Wildman–Crippen MR) is 109 cm³/mol. The minimum absolute atomic E-state index is 0.139. The van der Waals surface area contributed by atoms with Gasteiger partial charge in [0.15, 0.2) is 6.61 Å². The lowest BCUT2D eigenvalue weighted by molar-refractivity contribution is -0.118. The Labute approximate surface area is 168 Å². The van der Waals surface area contributed by atoms with Gasteiger partial charge in [0.25, 0.3) is 5.91 Å². The number of amides is 1. The first-order valence-corrected chi connectivity index (χ1v) is 9.16. The normalized spacial score (nSPS) is 10.2. The van der Waals surface area contributed by atoms with Crippen molar-refractivity contribution in [1.29, 1.82) is 0 Å². The summed E-state index contributed by atoms with van der Waals surface area (Å²) in [6, 6.07) is 23.7. The second-order valence-corrected chi connectivity index (χ2v) is 6.21. The fraction of sp³-hybridized carbons (Fsp3) is 0.136. The van der Waals surface area contributed by atoms with Gasteiger partial charge in [0.05, 0.1) is 5.02 Å². The summed E-state index contributed by atoms with van der Waals surface area (Å²) in [5.41, 5.74) is 0.620. The maximum absolute atomic E-state index is 12.1. The van der Waals surface area contributed by atoms with E-state index in [1.165, 1.54) is 0 Å². The van der Waals surface area contributed by atoms with Crippen LogP contribution in [0.5, 0.6) is 17.2 Å². The molecule has 0 fully saturated rings. The molecule has 1 amide bonds. The molecular weight excluding hydrogens is 378 g/mol. The number of carbonyl (C=O) groups is 1. The van der Waals surface area contributed by atoms with Crippen molar-refractivity contribution in [3.8, 4) is 17.2 Å². The van der Waals surface area contributed by atoms with Gasteiger partial charge < -0.3 is 19.5 Å². The lowest BCUT2D eigenvalue weighted by Crippen LogP contribution is -2.20. The highest BCUT2D eigenvalue weighted by Crippen LogP contribution is 2.23. The molecule has 0 saturated carbocycles. The van der Waals surface area contributed by atoms with Crippen LogP contribution in [0.3, 0.4) is 0 Å². The molecule has 0 heterocycles. The Morgan fingerprint density at radius 3 is 2.25 bits per heavy atom. The number of benzene rings is 3. The highest BCUT2D eigenvalue weighted by atomic mass is 35.5. The van der Waals surface area contributed by atoms with Gasteiger partial charge in [-0.3, -0.25) is 4.79 Å². The van der Waals surface area contributed by atoms with Gasteiger partial charge in [0.2, 0.25) is 0 Å². The molecule has 0 spiro atoms. The third-order valence-corrected chi connectivity index (χ3v) is 3.99. The lowest BCUT2D eigenvalue weighted by atomic mass is 10.3. The first-order chi connectivity index (χ1) is 13.7. The Bertz CT molecular complexity index is 902. The number of rotatable bonds is 9. The van der Waals surface area contributed by atoms with Crippen LogP contribution in [0.1, 0.15) is 0 Å². The third kappa shape index (κ3) is 6.21. The summed E-state index contributed by atoms with van der Waals surface area (Å²) in [5, 5.41) is 3.23. The van der Waals surface area contributed by atoms with Gasteiger partial charge in [-0.15, -0.1) is 0 Å². The topological polar surface area (TPSA) is 56.8 Å². The van der Waals surface area contributed by atoms with Crippen LogP contribution in [-0.4, -0.2) is 25.7 Å². The largest absolute Gasteiger partial charge is 0.490 e. The van der Waals surface area contributed by atoms with E-state index in [0.717, 1.165) is 5.75 Å². The van der Waals surface area contributed by atoms with E-state index < -0.39 is 0 Å². The molecule has 3 rings (SSSR count). The second-order valence-electron chi connectivity index (χ2n) is 5.81. The van der Waals surface area contributed by atoms with Crippen LogP contribution >= 0.6 is 11.6 Å². The predicted octanol–water partition coefficient (Wildman–Crippen LogP) is 4.82. The quantitative estimate of drug-likeness (QED) is 0.526. The Balaban J connectivity index is 1.43. The van der Waals surface area contributed by atoms with Gasteiger partial charge in [-0.2, -0.15) is 0 Å². The lowest BCUT2D eigenvalue weighted by Gasteiger charge is -2.11. The summed E-state index contributed by atoms with van der Waals surface area (Å²) < 4.78 is 16.7. The Morgan fingerprint density at radius 2 is 1.46 bits per heavy atom. The molecule has 5 nitrogen and oxygen atoms in total. The van der Waals surface area contributed by atoms with Crippen molar-refractivity contribution in [2.24, 2.45) is 0 Å². The molecule has 3 aromatic carbocycles. The highest BCUT2D eigenvalue weighted by Gasteiger charge is 2.07. The number of hydrogen-bond acceptors (Lipinski definition) is 4. The Hall–Kier alpha value is -3.18. The molecular formula is C22H20ClNO4. The number of para-hydroxylation sites is 2. The fourth-order valence-corrected chi connectivity index (χ4v) is 2.59. The second kappa shape index (κ2) is 10.2. The molecule has 28 heavy (non-hydrogen) atoms. The molecule has 0 saturated heterocycles. The highest BCUT2D eigenvalue weighted by molar-refractivity contribution is 6.32. The number of halogens is 1. The Morgan fingerprint density at radius 1 is 0.786 bits per heavy atom. The van der Waals surface area contributed by atoms with E-state index >= 15 is 0 Å². The average Bonchev–Trinajstić information content (AvgIpc) is 2.72. The van der Waals surface area contributed by atoms with Gasteiger partial charge in [-0.05, 0) is 36.4 Å². The minimum Gasteiger partial charge on any atom is -0.490 e. The molecule has 0 aliphatic carbocycles. The van der Waals surface area contributed by atoms with Gasteiger partial charge >= 0.3 is 0 Å². The minimum atomic E-state index is -0.288. The van der Waals surface area contributed by atoms with Crippen LogP contribution in [-0.2, 0) is 4.79 Å². The van der Waals surface area contributed by atoms with Crippen molar-refractivity contribution >= 4 is 23.2 Å². The van der Waals surface area contributed by atoms with Crippen LogP contribution in [0.15, 0.2) is 78.9 Å². The van der Waals surface area contributed by atoms with E-state index in [9.17, 15) is 4.79 Å². The van der Waals surface area contributed by atoms with Crippen LogP contribution < -0.4 is 19.5 Å². The standard InChI is InChI=1S/C22H20ClNO4/c23-20-11-4-5-12-21(20)28-16-22(25)24-17-7-6-10-19(15-17)27-14-13-26-18-8-2-1-3-9-18/h1-12,15H,13-14,16H2,(H,24,25). The zero-order valence-corrected chi connectivity index (χ0v) is 15.9. The SMILES string of the molecule is O=C(COc1ccccc1Cl)Nc1cccc(OCCOc2ccccc2)c1.